The van der Waals surface area contributed by atoms with Crippen LogP contribution < -0.4 is 10.2 Å². The molecular weight excluding hydrogens is 350 g/mol. The summed E-state index contributed by atoms with van der Waals surface area (Å²) in [5.74, 6) is 0.687. The molecule has 144 valence electrons. The van der Waals surface area contributed by atoms with E-state index in [1.165, 1.54) is 0 Å². The van der Waals surface area contributed by atoms with Crippen molar-refractivity contribution in [1.82, 2.24) is 20.1 Å². The number of hydrogen-bond donors (Lipinski definition) is 1. The zero-order valence-electron chi connectivity index (χ0n) is 16.4. The number of pyridine rings is 1. The van der Waals surface area contributed by atoms with Crippen molar-refractivity contribution < 1.29 is 4.79 Å². The number of anilines is 1. The Labute approximate surface area is 165 Å². The number of amides is 1. The van der Waals surface area contributed by atoms with Crippen molar-refractivity contribution in [1.29, 1.82) is 0 Å². The van der Waals surface area contributed by atoms with E-state index in [4.69, 9.17) is 0 Å². The first-order valence-corrected chi connectivity index (χ1v) is 9.74. The fourth-order valence-corrected chi connectivity index (χ4v) is 3.77. The van der Waals surface area contributed by atoms with E-state index in [2.05, 4.69) is 20.3 Å². The van der Waals surface area contributed by atoms with Crippen LogP contribution in [-0.4, -0.2) is 33.8 Å². The summed E-state index contributed by atoms with van der Waals surface area (Å²) in [6.07, 6.45) is 4.05. The van der Waals surface area contributed by atoms with Gasteiger partial charge in [-0.25, -0.2) is 9.67 Å². The highest BCUT2D eigenvalue weighted by molar-refractivity contribution is 5.98. The maximum absolute atomic E-state index is 12.9. The maximum atomic E-state index is 12.9. The number of para-hydroxylation sites is 1. The van der Waals surface area contributed by atoms with Gasteiger partial charge in [0, 0.05) is 37.1 Å². The molecule has 3 aromatic rings. The Kier molecular flexibility index (Phi) is 5.10. The minimum Gasteiger partial charge on any atom is -0.356 e. The van der Waals surface area contributed by atoms with Crippen LogP contribution in [0.4, 0.5) is 5.82 Å². The van der Waals surface area contributed by atoms with Crippen LogP contribution in [0, 0.1) is 13.8 Å². The lowest BCUT2D eigenvalue weighted by Crippen LogP contribution is -2.28. The smallest absolute Gasteiger partial charge is 0.255 e. The number of nitrogens with zero attached hydrogens (tertiary/aromatic N) is 4. The first-order valence-electron chi connectivity index (χ1n) is 9.74. The molecule has 0 unspecified atom stereocenters. The number of hydrogen-bond acceptors (Lipinski definition) is 4. The van der Waals surface area contributed by atoms with E-state index in [1.54, 1.807) is 6.20 Å². The Hall–Kier alpha value is -3.15. The van der Waals surface area contributed by atoms with E-state index in [0.29, 0.717) is 12.1 Å². The Balaban J connectivity index is 1.53. The molecule has 2 aromatic heterocycles. The van der Waals surface area contributed by atoms with Crippen molar-refractivity contribution >= 4 is 11.7 Å². The second-order valence-corrected chi connectivity index (χ2v) is 7.15. The highest BCUT2D eigenvalue weighted by atomic mass is 16.1. The van der Waals surface area contributed by atoms with Crippen molar-refractivity contribution in [2.24, 2.45) is 0 Å². The van der Waals surface area contributed by atoms with Crippen LogP contribution in [0.25, 0.3) is 5.69 Å². The zero-order valence-corrected chi connectivity index (χ0v) is 16.4. The second kappa shape index (κ2) is 7.84. The Morgan fingerprint density at radius 2 is 1.82 bits per heavy atom. The van der Waals surface area contributed by atoms with Crippen molar-refractivity contribution in [2.45, 2.75) is 33.2 Å². The summed E-state index contributed by atoms with van der Waals surface area (Å²) in [4.78, 5) is 19.5. The van der Waals surface area contributed by atoms with E-state index in [1.807, 2.05) is 61.0 Å². The van der Waals surface area contributed by atoms with Crippen LogP contribution in [0.5, 0.6) is 0 Å². The number of carbonyl (C=O) groups is 1. The quantitative estimate of drug-likeness (QED) is 0.742. The van der Waals surface area contributed by atoms with E-state index in [-0.39, 0.29) is 5.91 Å². The van der Waals surface area contributed by atoms with Gasteiger partial charge in [-0.3, -0.25) is 4.79 Å². The molecular formula is C22H25N5O. The minimum atomic E-state index is -0.0961. The predicted molar refractivity (Wildman–Crippen MR) is 110 cm³/mol. The van der Waals surface area contributed by atoms with Gasteiger partial charge in [-0.2, -0.15) is 5.10 Å². The highest BCUT2D eigenvalue weighted by Crippen LogP contribution is 2.22. The SMILES string of the molecule is Cc1nn(-c2ccccc2)c(C)c1CNC(=O)c1cccnc1N1CCCC1. The van der Waals surface area contributed by atoms with Crippen LogP contribution >= 0.6 is 0 Å². The molecule has 1 aliphatic rings. The maximum Gasteiger partial charge on any atom is 0.255 e. The highest BCUT2D eigenvalue weighted by Gasteiger charge is 2.21. The van der Waals surface area contributed by atoms with Crippen LogP contribution in [-0.2, 0) is 6.54 Å². The van der Waals surface area contributed by atoms with Gasteiger partial charge in [-0.05, 0) is 51.0 Å². The van der Waals surface area contributed by atoms with E-state index in [9.17, 15) is 4.79 Å². The summed E-state index contributed by atoms with van der Waals surface area (Å²) in [6, 6.07) is 13.7. The molecule has 3 heterocycles. The Morgan fingerprint density at radius 3 is 2.57 bits per heavy atom. The molecule has 0 bridgehead atoms. The third-order valence-electron chi connectivity index (χ3n) is 5.30. The number of aromatic nitrogens is 3. The van der Waals surface area contributed by atoms with Crippen molar-refractivity contribution in [3.63, 3.8) is 0 Å². The first kappa shape index (κ1) is 18.2. The molecule has 1 amide bonds. The van der Waals surface area contributed by atoms with Crippen molar-refractivity contribution in [3.05, 3.63) is 71.2 Å². The number of aryl methyl sites for hydroxylation is 1. The van der Waals surface area contributed by atoms with Gasteiger partial charge in [0.25, 0.3) is 5.91 Å². The molecule has 0 radical (unpaired) electrons. The van der Waals surface area contributed by atoms with Gasteiger partial charge in [-0.1, -0.05) is 18.2 Å². The lowest BCUT2D eigenvalue weighted by atomic mass is 10.1. The summed E-state index contributed by atoms with van der Waals surface area (Å²) in [6.45, 7) is 6.37. The molecule has 1 N–H and O–H groups in total. The average molecular weight is 375 g/mol. The summed E-state index contributed by atoms with van der Waals surface area (Å²) >= 11 is 0. The predicted octanol–water partition coefficient (Wildman–Crippen LogP) is 3.41. The normalized spacial score (nSPS) is 13.7. The molecule has 6 heteroatoms. The molecule has 0 saturated carbocycles. The third kappa shape index (κ3) is 3.50. The van der Waals surface area contributed by atoms with Gasteiger partial charge < -0.3 is 10.2 Å². The molecule has 1 fully saturated rings. The fraction of sp³-hybridized carbons (Fsp3) is 0.318. The number of carbonyl (C=O) groups excluding carboxylic acids is 1. The molecule has 6 nitrogen and oxygen atoms in total. The molecule has 0 spiro atoms. The van der Waals surface area contributed by atoms with Gasteiger partial charge in [0.15, 0.2) is 0 Å². The molecule has 28 heavy (non-hydrogen) atoms. The molecule has 1 aliphatic heterocycles. The van der Waals surface area contributed by atoms with Gasteiger partial charge in [0.2, 0.25) is 0 Å². The molecule has 0 atom stereocenters. The Morgan fingerprint density at radius 1 is 1.07 bits per heavy atom. The number of benzene rings is 1. The largest absolute Gasteiger partial charge is 0.356 e. The Bertz CT molecular complexity index is 974. The molecule has 1 aromatic carbocycles. The first-order chi connectivity index (χ1) is 13.6. The fourth-order valence-electron chi connectivity index (χ4n) is 3.77. The number of rotatable bonds is 5. The summed E-state index contributed by atoms with van der Waals surface area (Å²) in [7, 11) is 0. The summed E-state index contributed by atoms with van der Waals surface area (Å²) < 4.78 is 1.93. The monoisotopic (exact) mass is 375 g/mol. The van der Waals surface area contributed by atoms with Crippen LogP contribution in [0.2, 0.25) is 0 Å². The topological polar surface area (TPSA) is 63.1 Å². The summed E-state index contributed by atoms with van der Waals surface area (Å²) in [5.41, 5.74) is 4.66. The minimum absolute atomic E-state index is 0.0961. The van der Waals surface area contributed by atoms with Gasteiger partial charge in [0.1, 0.15) is 5.82 Å². The van der Waals surface area contributed by atoms with E-state index in [0.717, 1.165) is 54.4 Å². The van der Waals surface area contributed by atoms with Crippen LogP contribution in [0.3, 0.4) is 0 Å². The summed E-state index contributed by atoms with van der Waals surface area (Å²) in [5, 5.41) is 7.72. The molecule has 4 rings (SSSR count). The molecule has 0 aliphatic carbocycles. The third-order valence-corrected chi connectivity index (χ3v) is 5.30. The van der Waals surface area contributed by atoms with Gasteiger partial charge in [-0.15, -0.1) is 0 Å². The van der Waals surface area contributed by atoms with E-state index >= 15 is 0 Å². The zero-order chi connectivity index (χ0) is 19.5. The average Bonchev–Trinajstić information content (AvgIpc) is 3.36. The lowest BCUT2D eigenvalue weighted by Gasteiger charge is -2.19. The number of nitrogens with one attached hydrogen (secondary N) is 1. The lowest BCUT2D eigenvalue weighted by molar-refractivity contribution is 0.0951. The van der Waals surface area contributed by atoms with Crippen LogP contribution in [0.15, 0.2) is 48.7 Å². The standard InChI is InChI=1S/C22H25N5O/c1-16-20(17(2)27(25-16)18-9-4-3-5-10-18)15-24-22(28)19-11-8-12-23-21(19)26-13-6-7-14-26/h3-5,8-12H,6-7,13-15H2,1-2H3,(H,24,28). The van der Waals surface area contributed by atoms with Crippen LogP contribution in [0.1, 0.15) is 40.2 Å². The second-order valence-electron chi connectivity index (χ2n) is 7.15. The van der Waals surface area contributed by atoms with Gasteiger partial charge in [0.05, 0.1) is 16.9 Å². The van der Waals surface area contributed by atoms with E-state index < -0.39 is 0 Å². The van der Waals surface area contributed by atoms with Crippen molar-refractivity contribution in [3.8, 4) is 5.69 Å². The molecule has 1 saturated heterocycles. The van der Waals surface area contributed by atoms with Gasteiger partial charge >= 0.3 is 0 Å². The van der Waals surface area contributed by atoms with Crippen molar-refractivity contribution in [2.75, 3.05) is 18.0 Å².